The average Bonchev–Trinajstić information content (AvgIpc) is 3.00. The maximum Gasteiger partial charge on any atom is 0.335 e. The molecule has 0 fully saturated rings. The molecule has 1 heterocycles. The number of hydrogen-bond acceptors (Lipinski definition) is 4. The Balaban J connectivity index is 2.27. The summed E-state index contributed by atoms with van der Waals surface area (Å²) in [5.41, 5.74) is 0.460. The Morgan fingerprint density at radius 3 is 2.76 bits per heavy atom. The summed E-state index contributed by atoms with van der Waals surface area (Å²) < 4.78 is 5.54. The van der Waals surface area contributed by atoms with Gasteiger partial charge >= 0.3 is 5.97 Å². The van der Waals surface area contributed by atoms with Crippen LogP contribution >= 0.6 is 11.3 Å². The third kappa shape index (κ3) is 3.82. The van der Waals surface area contributed by atoms with E-state index in [-0.39, 0.29) is 11.5 Å². The molecule has 0 aliphatic carbocycles. The smallest absolute Gasteiger partial charge is 0.335 e. The van der Waals surface area contributed by atoms with E-state index in [1.54, 1.807) is 23.6 Å². The molecule has 0 bridgehead atoms. The maximum absolute atomic E-state index is 12.1. The molecule has 0 radical (unpaired) electrons. The number of carboxylic acids is 1. The van der Waals surface area contributed by atoms with Crippen molar-refractivity contribution in [3.05, 3.63) is 46.2 Å². The van der Waals surface area contributed by atoms with Gasteiger partial charge in [-0.3, -0.25) is 4.79 Å². The summed E-state index contributed by atoms with van der Waals surface area (Å²) >= 11 is 1.32. The summed E-state index contributed by atoms with van der Waals surface area (Å²) in [5, 5.41) is 13.5. The molecule has 0 spiro atoms. The van der Waals surface area contributed by atoms with Gasteiger partial charge in [0, 0.05) is 0 Å². The van der Waals surface area contributed by atoms with Crippen molar-refractivity contribution >= 4 is 28.9 Å². The van der Waals surface area contributed by atoms with Crippen LogP contribution in [0.2, 0.25) is 0 Å². The van der Waals surface area contributed by atoms with E-state index in [1.165, 1.54) is 23.5 Å². The van der Waals surface area contributed by atoms with Crippen LogP contribution in [0.1, 0.15) is 33.4 Å². The first kappa shape index (κ1) is 15.1. The first-order valence-corrected chi connectivity index (χ1v) is 7.34. The normalized spacial score (nSPS) is 10.1. The predicted octanol–water partition coefficient (Wildman–Crippen LogP) is 3.49. The second-order valence-corrected chi connectivity index (χ2v) is 5.24. The van der Waals surface area contributed by atoms with Gasteiger partial charge in [-0.25, -0.2) is 4.79 Å². The first-order chi connectivity index (χ1) is 10.1. The highest BCUT2D eigenvalue weighted by Crippen LogP contribution is 2.27. The number of thiophene rings is 1. The van der Waals surface area contributed by atoms with Gasteiger partial charge in [0.05, 0.1) is 22.7 Å². The van der Waals surface area contributed by atoms with Gasteiger partial charge in [0.1, 0.15) is 5.75 Å². The fourth-order valence-electron chi connectivity index (χ4n) is 1.69. The molecule has 0 aliphatic heterocycles. The number of aromatic carboxylic acids is 1. The molecule has 0 saturated carbocycles. The zero-order valence-electron chi connectivity index (χ0n) is 11.5. The van der Waals surface area contributed by atoms with Gasteiger partial charge in [0.2, 0.25) is 0 Å². The van der Waals surface area contributed by atoms with Crippen LogP contribution < -0.4 is 10.1 Å². The van der Waals surface area contributed by atoms with E-state index in [4.69, 9.17) is 9.84 Å². The molecule has 110 valence electrons. The minimum atomic E-state index is -1.05. The molecule has 21 heavy (non-hydrogen) atoms. The number of carbonyl (C=O) groups excluding carboxylic acids is 1. The van der Waals surface area contributed by atoms with E-state index >= 15 is 0 Å². The highest BCUT2D eigenvalue weighted by atomic mass is 32.1. The van der Waals surface area contributed by atoms with Crippen LogP contribution in [0, 0.1) is 0 Å². The van der Waals surface area contributed by atoms with Crippen LogP contribution in [0.25, 0.3) is 0 Å². The van der Waals surface area contributed by atoms with Crippen molar-refractivity contribution in [2.45, 2.75) is 13.3 Å². The van der Waals surface area contributed by atoms with Crippen molar-refractivity contribution in [1.82, 2.24) is 0 Å². The largest absolute Gasteiger partial charge is 0.491 e. The minimum Gasteiger partial charge on any atom is -0.491 e. The van der Waals surface area contributed by atoms with Crippen molar-refractivity contribution in [1.29, 1.82) is 0 Å². The number of benzene rings is 1. The Bertz CT molecular complexity index is 637. The topological polar surface area (TPSA) is 75.6 Å². The summed E-state index contributed by atoms with van der Waals surface area (Å²) in [6.45, 7) is 2.46. The van der Waals surface area contributed by atoms with E-state index in [1.807, 2.05) is 6.92 Å². The summed E-state index contributed by atoms with van der Waals surface area (Å²) in [5.74, 6) is -0.871. The van der Waals surface area contributed by atoms with Gasteiger partial charge in [-0.2, -0.15) is 0 Å². The molecule has 1 aromatic heterocycles. The lowest BCUT2D eigenvalue weighted by Crippen LogP contribution is -2.12. The number of nitrogens with one attached hydrogen (secondary N) is 1. The summed E-state index contributed by atoms with van der Waals surface area (Å²) in [6, 6.07) is 7.89. The molecule has 6 heteroatoms. The molecule has 1 amide bonds. The van der Waals surface area contributed by atoms with Gasteiger partial charge in [0.25, 0.3) is 5.91 Å². The molecule has 0 unspecified atom stereocenters. The monoisotopic (exact) mass is 305 g/mol. The Hall–Kier alpha value is -2.34. The van der Waals surface area contributed by atoms with Crippen molar-refractivity contribution in [3.63, 3.8) is 0 Å². The van der Waals surface area contributed by atoms with E-state index in [0.717, 1.165) is 6.42 Å². The third-order valence-corrected chi connectivity index (χ3v) is 3.55. The third-order valence-electron chi connectivity index (χ3n) is 2.68. The number of anilines is 1. The fourth-order valence-corrected chi connectivity index (χ4v) is 2.31. The molecule has 2 aromatic rings. The molecule has 0 saturated heterocycles. The van der Waals surface area contributed by atoms with E-state index in [2.05, 4.69) is 5.32 Å². The second-order valence-electron chi connectivity index (χ2n) is 4.30. The zero-order chi connectivity index (χ0) is 15.2. The van der Waals surface area contributed by atoms with Crippen LogP contribution in [-0.4, -0.2) is 23.6 Å². The predicted molar refractivity (Wildman–Crippen MR) is 81.5 cm³/mol. The van der Waals surface area contributed by atoms with Crippen molar-refractivity contribution in [2.75, 3.05) is 11.9 Å². The standard InChI is InChI=1S/C15H15NO4S/c1-2-7-20-12-6-5-10(15(18)19)9-11(12)16-14(17)13-4-3-8-21-13/h3-6,8-9H,2,7H2,1H3,(H,16,17)(H,18,19). The summed E-state index contributed by atoms with van der Waals surface area (Å²) in [6.07, 6.45) is 0.818. The molecule has 0 aliphatic rings. The molecule has 1 aromatic carbocycles. The lowest BCUT2D eigenvalue weighted by molar-refractivity contribution is 0.0696. The van der Waals surface area contributed by atoms with Crippen molar-refractivity contribution in [3.8, 4) is 5.75 Å². The van der Waals surface area contributed by atoms with E-state index in [9.17, 15) is 9.59 Å². The maximum atomic E-state index is 12.1. The van der Waals surface area contributed by atoms with Crippen LogP contribution in [-0.2, 0) is 0 Å². The van der Waals surface area contributed by atoms with Crippen LogP contribution in [0.5, 0.6) is 5.75 Å². The van der Waals surface area contributed by atoms with Gasteiger partial charge in [0.15, 0.2) is 0 Å². The molecule has 2 N–H and O–H groups in total. The fraction of sp³-hybridized carbons (Fsp3) is 0.200. The Labute approximate surface area is 126 Å². The van der Waals surface area contributed by atoms with Crippen LogP contribution in [0.3, 0.4) is 0 Å². The minimum absolute atomic E-state index is 0.0975. The molecule has 5 nitrogen and oxygen atoms in total. The van der Waals surface area contributed by atoms with Crippen molar-refractivity contribution in [2.24, 2.45) is 0 Å². The Kier molecular flexibility index (Phi) is 4.94. The molecular formula is C15H15NO4S. The Morgan fingerprint density at radius 2 is 2.14 bits per heavy atom. The Morgan fingerprint density at radius 1 is 1.33 bits per heavy atom. The number of amides is 1. The first-order valence-electron chi connectivity index (χ1n) is 6.46. The lowest BCUT2D eigenvalue weighted by atomic mass is 10.2. The number of hydrogen-bond donors (Lipinski definition) is 2. The second kappa shape index (κ2) is 6.90. The number of carbonyl (C=O) groups is 2. The van der Waals surface area contributed by atoms with Gasteiger partial charge in [-0.1, -0.05) is 13.0 Å². The quantitative estimate of drug-likeness (QED) is 0.856. The van der Waals surface area contributed by atoms with E-state index < -0.39 is 5.97 Å². The molecule has 2 rings (SSSR count). The van der Waals surface area contributed by atoms with Crippen molar-refractivity contribution < 1.29 is 19.4 Å². The number of carboxylic acid groups (broad SMARTS) is 1. The summed E-state index contributed by atoms with van der Waals surface area (Å²) in [4.78, 5) is 23.7. The van der Waals surface area contributed by atoms with E-state index in [0.29, 0.717) is 22.9 Å². The SMILES string of the molecule is CCCOc1ccc(C(=O)O)cc1NC(=O)c1cccs1. The molecule has 0 atom stereocenters. The van der Waals surface area contributed by atoms with Crippen LogP contribution in [0.4, 0.5) is 5.69 Å². The summed E-state index contributed by atoms with van der Waals surface area (Å²) in [7, 11) is 0. The number of rotatable bonds is 6. The zero-order valence-corrected chi connectivity index (χ0v) is 12.3. The van der Waals surface area contributed by atoms with Gasteiger partial charge in [-0.15, -0.1) is 11.3 Å². The lowest BCUT2D eigenvalue weighted by Gasteiger charge is -2.12. The highest BCUT2D eigenvalue weighted by Gasteiger charge is 2.13. The average molecular weight is 305 g/mol. The van der Waals surface area contributed by atoms with Gasteiger partial charge < -0.3 is 15.2 Å². The highest BCUT2D eigenvalue weighted by molar-refractivity contribution is 7.12. The van der Waals surface area contributed by atoms with Gasteiger partial charge in [-0.05, 0) is 36.1 Å². The van der Waals surface area contributed by atoms with Crippen LogP contribution in [0.15, 0.2) is 35.7 Å². The molecular weight excluding hydrogens is 290 g/mol. The number of ether oxygens (including phenoxy) is 1.